The van der Waals surface area contributed by atoms with Crippen LogP contribution >= 0.6 is 0 Å². The van der Waals surface area contributed by atoms with Gasteiger partial charge in [-0.2, -0.15) is 0 Å². The third-order valence-electron chi connectivity index (χ3n) is 5.00. The van der Waals surface area contributed by atoms with Gasteiger partial charge in [0.2, 0.25) is 0 Å². The number of methoxy groups -OCH3 is 1. The standard InChI is InChI=1S/C23H31NO3/c1-14(2)19-12-20(16(4)11-22(19)26-7)18(6)24-23(25)13-27-21-10-8-9-15(3)17(21)5/h8-12,14,18H,13H2,1-7H3,(H,24,25)/t18-/m1/s1. The largest absolute Gasteiger partial charge is 0.496 e. The van der Waals surface area contributed by atoms with Crippen LogP contribution in [0.2, 0.25) is 0 Å². The number of ether oxygens (including phenoxy) is 2. The molecule has 0 bridgehead atoms. The van der Waals surface area contributed by atoms with Gasteiger partial charge in [0.1, 0.15) is 11.5 Å². The van der Waals surface area contributed by atoms with Crippen molar-refractivity contribution in [1.29, 1.82) is 0 Å². The SMILES string of the molecule is COc1cc(C)c([C@@H](C)NC(=O)COc2cccc(C)c2C)cc1C(C)C. The zero-order valence-electron chi connectivity index (χ0n) is 17.5. The van der Waals surface area contributed by atoms with E-state index in [1.54, 1.807) is 7.11 Å². The summed E-state index contributed by atoms with van der Waals surface area (Å²) in [6.45, 7) is 12.3. The van der Waals surface area contributed by atoms with Gasteiger partial charge in [-0.15, -0.1) is 0 Å². The van der Waals surface area contributed by atoms with Gasteiger partial charge in [-0.1, -0.05) is 26.0 Å². The van der Waals surface area contributed by atoms with Gasteiger partial charge in [0, 0.05) is 0 Å². The maximum Gasteiger partial charge on any atom is 0.258 e. The fraction of sp³-hybridized carbons (Fsp3) is 0.435. The Kier molecular flexibility index (Phi) is 6.89. The molecule has 2 aromatic rings. The lowest BCUT2D eigenvalue weighted by atomic mass is 9.93. The van der Waals surface area contributed by atoms with Crippen LogP contribution < -0.4 is 14.8 Å². The quantitative estimate of drug-likeness (QED) is 0.747. The Balaban J connectivity index is 2.08. The van der Waals surface area contributed by atoms with Gasteiger partial charge in [0.15, 0.2) is 6.61 Å². The molecule has 27 heavy (non-hydrogen) atoms. The lowest BCUT2D eigenvalue weighted by Crippen LogP contribution is -2.31. The first-order valence-electron chi connectivity index (χ1n) is 9.41. The van der Waals surface area contributed by atoms with Gasteiger partial charge in [0.05, 0.1) is 13.2 Å². The zero-order chi connectivity index (χ0) is 20.1. The summed E-state index contributed by atoms with van der Waals surface area (Å²) in [5, 5.41) is 3.04. The first-order chi connectivity index (χ1) is 12.7. The van der Waals surface area contributed by atoms with Crippen molar-refractivity contribution in [2.24, 2.45) is 0 Å². The maximum atomic E-state index is 12.4. The summed E-state index contributed by atoms with van der Waals surface area (Å²) in [6, 6.07) is 9.93. The van der Waals surface area contributed by atoms with Crippen molar-refractivity contribution in [2.45, 2.75) is 53.5 Å². The molecule has 0 aliphatic rings. The minimum atomic E-state index is -0.135. The van der Waals surface area contributed by atoms with Crippen molar-refractivity contribution in [2.75, 3.05) is 13.7 Å². The molecule has 0 unspecified atom stereocenters. The molecule has 2 aromatic carbocycles. The van der Waals surface area contributed by atoms with Crippen LogP contribution in [0.4, 0.5) is 0 Å². The van der Waals surface area contributed by atoms with Crippen LogP contribution in [0.15, 0.2) is 30.3 Å². The summed E-state index contributed by atoms with van der Waals surface area (Å²) in [5.74, 6) is 1.85. The summed E-state index contributed by atoms with van der Waals surface area (Å²) in [4.78, 5) is 12.4. The molecular formula is C23H31NO3. The highest BCUT2D eigenvalue weighted by Crippen LogP contribution is 2.32. The van der Waals surface area contributed by atoms with Crippen molar-refractivity contribution in [3.63, 3.8) is 0 Å². The summed E-state index contributed by atoms with van der Waals surface area (Å²) in [7, 11) is 1.69. The highest BCUT2D eigenvalue weighted by Gasteiger charge is 2.17. The third-order valence-corrected chi connectivity index (χ3v) is 5.00. The monoisotopic (exact) mass is 369 g/mol. The van der Waals surface area contributed by atoms with E-state index < -0.39 is 0 Å². The van der Waals surface area contributed by atoms with Crippen LogP contribution in [-0.4, -0.2) is 19.6 Å². The summed E-state index contributed by atoms with van der Waals surface area (Å²) in [6.07, 6.45) is 0. The molecule has 0 heterocycles. The number of carbonyl (C=O) groups excluding carboxylic acids is 1. The molecule has 0 radical (unpaired) electrons. The second-order valence-electron chi connectivity index (χ2n) is 7.38. The highest BCUT2D eigenvalue weighted by atomic mass is 16.5. The Morgan fingerprint density at radius 1 is 1.00 bits per heavy atom. The van der Waals surface area contributed by atoms with E-state index in [-0.39, 0.29) is 18.6 Å². The summed E-state index contributed by atoms with van der Waals surface area (Å²) < 4.78 is 11.2. The molecule has 1 atom stereocenters. The molecule has 0 aliphatic carbocycles. The number of rotatable bonds is 7. The normalized spacial score (nSPS) is 12.0. The number of carbonyl (C=O) groups is 1. The first-order valence-corrected chi connectivity index (χ1v) is 9.41. The molecular weight excluding hydrogens is 338 g/mol. The second kappa shape index (κ2) is 8.94. The zero-order valence-corrected chi connectivity index (χ0v) is 17.5. The number of hydrogen-bond donors (Lipinski definition) is 1. The maximum absolute atomic E-state index is 12.4. The number of amides is 1. The fourth-order valence-electron chi connectivity index (χ4n) is 3.20. The Bertz CT molecular complexity index is 812. The van der Waals surface area contributed by atoms with Gasteiger partial charge in [-0.05, 0) is 79.6 Å². The predicted octanol–water partition coefficient (Wildman–Crippen LogP) is 5.00. The molecule has 146 valence electrons. The number of hydrogen-bond acceptors (Lipinski definition) is 3. The van der Waals surface area contributed by atoms with Crippen LogP contribution in [0.1, 0.15) is 60.5 Å². The van der Waals surface area contributed by atoms with Crippen LogP contribution in [0.5, 0.6) is 11.5 Å². The van der Waals surface area contributed by atoms with Crippen LogP contribution in [-0.2, 0) is 4.79 Å². The van der Waals surface area contributed by atoms with Gasteiger partial charge in [-0.3, -0.25) is 4.79 Å². The minimum Gasteiger partial charge on any atom is -0.496 e. The van der Waals surface area contributed by atoms with E-state index in [1.165, 1.54) is 0 Å². The molecule has 0 aliphatic heterocycles. The molecule has 2 rings (SSSR count). The predicted molar refractivity (Wildman–Crippen MR) is 110 cm³/mol. The molecule has 1 N–H and O–H groups in total. The molecule has 0 fully saturated rings. The summed E-state index contributed by atoms with van der Waals surface area (Å²) in [5.41, 5.74) is 5.55. The molecule has 1 amide bonds. The topological polar surface area (TPSA) is 47.6 Å². The molecule has 0 saturated heterocycles. The molecule has 0 spiro atoms. The van der Waals surface area contributed by atoms with Crippen LogP contribution in [0.3, 0.4) is 0 Å². The minimum absolute atomic E-state index is 0.000866. The van der Waals surface area contributed by atoms with E-state index in [2.05, 4.69) is 25.2 Å². The van der Waals surface area contributed by atoms with Crippen molar-refractivity contribution in [3.05, 3.63) is 58.1 Å². The van der Waals surface area contributed by atoms with Crippen molar-refractivity contribution in [1.82, 2.24) is 5.32 Å². The molecule has 0 aromatic heterocycles. The van der Waals surface area contributed by atoms with Crippen molar-refractivity contribution < 1.29 is 14.3 Å². The van der Waals surface area contributed by atoms with Crippen molar-refractivity contribution >= 4 is 5.91 Å². The third kappa shape index (κ3) is 5.03. The van der Waals surface area contributed by atoms with Crippen molar-refractivity contribution in [3.8, 4) is 11.5 Å². The van der Waals surface area contributed by atoms with E-state index in [0.29, 0.717) is 5.92 Å². The Hall–Kier alpha value is -2.49. The molecule has 4 heteroatoms. The van der Waals surface area contributed by atoms with Crippen LogP contribution in [0, 0.1) is 20.8 Å². The van der Waals surface area contributed by atoms with Gasteiger partial charge >= 0.3 is 0 Å². The number of benzene rings is 2. The van der Waals surface area contributed by atoms with E-state index >= 15 is 0 Å². The first kappa shape index (κ1) is 20.8. The lowest BCUT2D eigenvalue weighted by Gasteiger charge is -2.21. The van der Waals surface area contributed by atoms with Crippen LogP contribution in [0.25, 0.3) is 0 Å². The highest BCUT2D eigenvalue weighted by molar-refractivity contribution is 5.78. The smallest absolute Gasteiger partial charge is 0.258 e. The molecule has 4 nitrogen and oxygen atoms in total. The average molecular weight is 370 g/mol. The fourth-order valence-corrected chi connectivity index (χ4v) is 3.20. The molecule has 0 saturated carbocycles. The average Bonchev–Trinajstić information content (AvgIpc) is 2.62. The van der Waals surface area contributed by atoms with E-state index in [9.17, 15) is 4.79 Å². The number of nitrogens with one attached hydrogen (secondary N) is 1. The van der Waals surface area contributed by atoms with E-state index in [1.807, 2.05) is 52.0 Å². The lowest BCUT2D eigenvalue weighted by molar-refractivity contribution is -0.123. The summed E-state index contributed by atoms with van der Waals surface area (Å²) >= 11 is 0. The Labute approximate surface area is 162 Å². The van der Waals surface area contributed by atoms with E-state index in [4.69, 9.17) is 9.47 Å². The van der Waals surface area contributed by atoms with E-state index in [0.717, 1.165) is 39.3 Å². The van der Waals surface area contributed by atoms with Gasteiger partial charge in [-0.25, -0.2) is 0 Å². The second-order valence-corrected chi connectivity index (χ2v) is 7.38. The Morgan fingerprint density at radius 2 is 1.70 bits per heavy atom. The Morgan fingerprint density at radius 3 is 2.33 bits per heavy atom. The van der Waals surface area contributed by atoms with Gasteiger partial charge in [0.25, 0.3) is 5.91 Å². The number of aryl methyl sites for hydroxylation is 2. The van der Waals surface area contributed by atoms with Gasteiger partial charge < -0.3 is 14.8 Å².